The fourth-order valence-electron chi connectivity index (χ4n) is 2.47. The molecule has 1 rings (SSSR count). The van der Waals surface area contributed by atoms with Crippen LogP contribution in [0.3, 0.4) is 0 Å². The first kappa shape index (κ1) is 17.3. The van der Waals surface area contributed by atoms with Crippen molar-refractivity contribution in [1.29, 1.82) is 0 Å². The van der Waals surface area contributed by atoms with Crippen molar-refractivity contribution < 1.29 is 4.74 Å². The van der Waals surface area contributed by atoms with E-state index in [-0.39, 0.29) is 6.04 Å². The number of nitrogens with one attached hydrogen (secondary N) is 1. The molecule has 0 aliphatic heterocycles. The molecule has 0 radical (unpaired) electrons. The van der Waals surface area contributed by atoms with Gasteiger partial charge in [0.05, 0.1) is 7.11 Å². The van der Waals surface area contributed by atoms with Gasteiger partial charge in [-0.25, -0.2) is 0 Å². The second-order valence-corrected chi connectivity index (χ2v) is 5.05. The third-order valence-corrected chi connectivity index (χ3v) is 3.44. The zero-order valence-corrected chi connectivity index (χ0v) is 13.6. The summed E-state index contributed by atoms with van der Waals surface area (Å²) in [6.07, 6.45) is 4.94. The van der Waals surface area contributed by atoms with Crippen molar-refractivity contribution in [2.24, 2.45) is 0 Å². The van der Waals surface area contributed by atoms with Gasteiger partial charge in [-0.05, 0) is 32.0 Å². The highest BCUT2D eigenvalue weighted by Crippen LogP contribution is 2.34. The summed E-state index contributed by atoms with van der Waals surface area (Å²) in [4.78, 5) is 2.25. The first-order valence-corrected chi connectivity index (χ1v) is 7.56. The number of anilines is 1. The molecule has 1 N–H and O–H groups in total. The van der Waals surface area contributed by atoms with Crippen LogP contribution in [0.5, 0.6) is 5.75 Å². The van der Waals surface area contributed by atoms with Gasteiger partial charge in [-0.1, -0.05) is 25.1 Å². The zero-order chi connectivity index (χ0) is 15.7. The van der Waals surface area contributed by atoms with Gasteiger partial charge in [-0.3, -0.25) is 0 Å². The van der Waals surface area contributed by atoms with Crippen LogP contribution in [0.2, 0.25) is 0 Å². The molecule has 0 aliphatic carbocycles. The first-order chi connectivity index (χ1) is 10.2. The molecule has 0 amide bonds. The van der Waals surface area contributed by atoms with E-state index >= 15 is 0 Å². The molecule has 0 saturated carbocycles. The zero-order valence-electron chi connectivity index (χ0n) is 13.6. The highest BCUT2D eigenvalue weighted by Gasteiger charge is 2.18. The third-order valence-electron chi connectivity index (χ3n) is 3.44. The predicted molar refractivity (Wildman–Crippen MR) is 92.3 cm³/mol. The van der Waals surface area contributed by atoms with Crippen LogP contribution in [0.25, 0.3) is 0 Å². The lowest BCUT2D eigenvalue weighted by molar-refractivity contribution is 0.402. The lowest BCUT2D eigenvalue weighted by Gasteiger charge is -2.28. The lowest BCUT2D eigenvalue weighted by Crippen LogP contribution is -2.27. The van der Waals surface area contributed by atoms with Crippen LogP contribution in [0.1, 0.15) is 31.9 Å². The minimum absolute atomic E-state index is 0.230. The van der Waals surface area contributed by atoms with Crippen molar-refractivity contribution in [3.63, 3.8) is 0 Å². The Morgan fingerprint density at radius 1 is 1.29 bits per heavy atom. The largest absolute Gasteiger partial charge is 0.496 e. The Balaban J connectivity index is 3.22. The van der Waals surface area contributed by atoms with E-state index in [2.05, 4.69) is 43.3 Å². The molecule has 0 bridgehead atoms. The summed E-state index contributed by atoms with van der Waals surface area (Å²) in [5.74, 6) is 0.918. The quantitative estimate of drug-likeness (QED) is 0.660. The minimum atomic E-state index is 0.230. The molecule has 1 atom stereocenters. The predicted octanol–water partition coefficient (Wildman–Crippen LogP) is 3.93. The van der Waals surface area contributed by atoms with E-state index in [0.717, 1.165) is 31.8 Å². The first-order valence-electron chi connectivity index (χ1n) is 7.56. The molecule has 21 heavy (non-hydrogen) atoms. The van der Waals surface area contributed by atoms with E-state index in [1.165, 1.54) is 11.3 Å². The molecular weight excluding hydrogens is 260 g/mol. The molecule has 0 saturated heterocycles. The minimum Gasteiger partial charge on any atom is -0.496 e. The fourth-order valence-corrected chi connectivity index (χ4v) is 2.47. The molecular formula is C18H28N2O. The molecule has 0 aromatic heterocycles. The van der Waals surface area contributed by atoms with Crippen molar-refractivity contribution >= 4 is 5.69 Å². The molecule has 0 aliphatic rings. The Morgan fingerprint density at radius 3 is 2.48 bits per heavy atom. The molecule has 1 unspecified atom stereocenters. The topological polar surface area (TPSA) is 24.5 Å². The Morgan fingerprint density at radius 2 is 1.95 bits per heavy atom. The number of hydrogen-bond donors (Lipinski definition) is 1. The van der Waals surface area contributed by atoms with Gasteiger partial charge in [-0.15, -0.1) is 13.2 Å². The number of hydrogen-bond acceptors (Lipinski definition) is 3. The van der Waals surface area contributed by atoms with E-state index in [0.29, 0.717) is 0 Å². The Kier molecular flexibility index (Phi) is 7.62. The third kappa shape index (κ3) is 4.64. The summed E-state index contributed by atoms with van der Waals surface area (Å²) >= 11 is 0. The maximum atomic E-state index is 5.58. The highest BCUT2D eigenvalue weighted by atomic mass is 16.5. The number of benzene rings is 1. The van der Waals surface area contributed by atoms with Crippen molar-refractivity contribution in [3.8, 4) is 5.75 Å². The summed E-state index contributed by atoms with van der Waals surface area (Å²) in [6, 6.07) is 6.41. The smallest absolute Gasteiger partial charge is 0.125 e. The monoisotopic (exact) mass is 288 g/mol. The number of rotatable bonds is 10. The molecule has 0 spiro atoms. The van der Waals surface area contributed by atoms with Crippen LogP contribution in [0.15, 0.2) is 43.5 Å². The molecule has 116 valence electrons. The Hall–Kier alpha value is -1.74. The molecule has 3 heteroatoms. The van der Waals surface area contributed by atoms with Gasteiger partial charge in [-0.2, -0.15) is 0 Å². The average Bonchev–Trinajstić information content (AvgIpc) is 2.51. The molecule has 1 aromatic rings. The summed E-state index contributed by atoms with van der Waals surface area (Å²) in [7, 11) is 1.72. The van der Waals surface area contributed by atoms with Gasteiger partial charge in [0, 0.05) is 30.4 Å². The Labute approximate surface area is 129 Å². The van der Waals surface area contributed by atoms with Gasteiger partial charge >= 0.3 is 0 Å². The van der Waals surface area contributed by atoms with E-state index in [9.17, 15) is 0 Å². The Bertz CT molecular complexity index is 447. The summed E-state index contributed by atoms with van der Waals surface area (Å²) in [5.41, 5.74) is 2.36. The normalized spacial score (nSPS) is 11.8. The highest BCUT2D eigenvalue weighted by molar-refractivity contribution is 5.61. The van der Waals surface area contributed by atoms with Crippen LogP contribution in [0, 0.1) is 0 Å². The van der Waals surface area contributed by atoms with Crippen LogP contribution in [-0.2, 0) is 0 Å². The van der Waals surface area contributed by atoms with Crippen LogP contribution < -0.4 is 15.0 Å². The molecule has 0 heterocycles. The summed E-state index contributed by atoms with van der Waals surface area (Å²) in [6.45, 7) is 14.6. The molecule has 1 aromatic carbocycles. The van der Waals surface area contributed by atoms with Gasteiger partial charge in [0.25, 0.3) is 0 Å². The van der Waals surface area contributed by atoms with Gasteiger partial charge in [0.2, 0.25) is 0 Å². The van der Waals surface area contributed by atoms with Gasteiger partial charge in [0.15, 0.2) is 0 Å². The lowest BCUT2D eigenvalue weighted by atomic mass is 10.0. The van der Waals surface area contributed by atoms with Gasteiger partial charge < -0.3 is 15.0 Å². The summed E-state index contributed by atoms with van der Waals surface area (Å²) < 4.78 is 5.58. The number of nitrogens with zero attached hydrogens (tertiary/aromatic N) is 1. The second-order valence-electron chi connectivity index (χ2n) is 5.05. The number of methoxy groups -OCH3 is 1. The number of ether oxygens (including phenoxy) is 1. The maximum absolute atomic E-state index is 5.58. The van der Waals surface area contributed by atoms with Crippen molar-refractivity contribution in [3.05, 3.63) is 49.1 Å². The van der Waals surface area contributed by atoms with Crippen molar-refractivity contribution in [1.82, 2.24) is 5.32 Å². The fraction of sp³-hybridized carbons (Fsp3) is 0.444. The molecule has 3 nitrogen and oxygen atoms in total. The van der Waals surface area contributed by atoms with E-state index in [4.69, 9.17) is 4.74 Å². The van der Waals surface area contributed by atoms with Crippen LogP contribution in [0.4, 0.5) is 5.69 Å². The van der Waals surface area contributed by atoms with E-state index < -0.39 is 0 Å². The van der Waals surface area contributed by atoms with Gasteiger partial charge in [0.1, 0.15) is 5.75 Å². The SMILES string of the molecule is C=CCN(CC=C)c1cccc(OC)c1C(C)NCCC. The van der Waals surface area contributed by atoms with Crippen LogP contribution in [-0.4, -0.2) is 26.7 Å². The van der Waals surface area contributed by atoms with Crippen LogP contribution >= 0.6 is 0 Å². The standard InChI is InChI=1S/C18H28N2O/c1-6-12-19-15(4)18-16(10-9-11-17(18)21-5)20(13-7-2)14-8-3/h7-11,15,19H,2-3,6,12-14H2,1,4-5H3. The summed E-state index contributed by atoms with van der Waals surface area (Å²) in [5, 5.41) is 3.54. The maximum Gasteiger partial charge on any atom is 0.125 e. The van der Waals surface area contributed by atoms with E-state index in [1.807, 2.05) is 24.3 Å². The van der Waals surface area contributed by atoms with Crippen molar-refractivity contribution in [2.45, 2.75) is 26.3 Å². The average molecular weight is 288 g/mol. The van der Waals surface area contributed by atoms with Crippen molar-refractivity contribution in [2.75, 3.05) is 31.6 Å². The second kappa shape index (κ2) is 9.24. The van der Waals surface area contributed by atoms with E-state index in [1.54, 1.807) is 7.11 Å². The molecule has 0 fully saturated rings.